The molecule has 1 aliphatic carbocycles. The van der Waals surface area contributed by atoms with E-state index in [0.717, 1.165) is 30.5 Å². The Morgan fingerprint density at radius 1 is 1.19 bits per heavy atom. The van der Waals surface area contributed by atoms with Crippen molar-refractivity contribution in [3.05, 3.63) is 41.5 Å². The highest BCUT2D eigenvalue weighted by atomic mass is 16.2. The van der Waals surface area contributed by atoms with E-state index in [-0.39, 0.29) is 11.9 Å². The Labute approximate surface area is 160 Å². The first-order valence-corrected chi connectivity index (χ1v) is 9.67. The maximum absolute atomic E-state index is 12.8. The Kier molecular flexibility index (Phi) is 5.94. The van der Waals surface area contributed by atoms with Gasteiger partial charge in [-0.15, -0.1) is 0 Å². The summed E-state index contributed by atoms with van der Waals surface area (Å²) in [7, 11) is 0. The van der Waals surface area contributed by atoms with Gasteiger partial charge in [-0.05, 0) is 52.0 Å². The van der Waals surface area contributed by atoms with Gasteiger partial charge < -0.3 is 15.5 Å². The van der Waals surface area contributed by atoms with Crippen LogP contribution in [0.3, 0.4) is 0 Å². The van der Waals surface area contributed by atoms with Gasteiger partial charge in [-0.2, -0.15) is 0 Å². The van der Waals surface area contributed by atoms with Crippen LogP contribution in [0.1, 0.15) is 57.6 Å². The number of rotatable bonds is 5. The quantitative estimate of drug-likeness (QED) is 0.619. The Morgan fingerprint density at radius 3 is 2.67 bits per heavy atom. The number of carbonyl (C=O) groups excluding carboxylic acids is 3. The summed E-state index contributed by atoms with van der Waals surface area (Å²) < 4.78 is 0. The van der Waals surface area contributed by atoms with Crippen molar-refractivity contribution in [1.29, 1.82) is 0 Å². The van der Waals surface area contributed by atoms with E-state index in [4.69, 9.17) is 0 Å². The van der Waals surface area contributed by atoms with E-state index >= 15 is 0 Å². The molecule has 6 heteroatoms. The molecule has 1 aromatic carbocycles. The molecule has 0 spiro atoms. The fourth-order valence-electron chi connectivity index (χ4n) is 3.76. The number of anilines is 1. The zero-order valence-electron chi connectivity index (χ0n) is 16.0. The molecule has 0 unspecified atom stereocenters. The summed E-state index contributed by atoms with van der Waals surface area (Å²) in [5, 5.41) is 5.26. The van der Waals surface area contributed by atoms with Gasteiger partial charge >= 0.3 is 11.8 Å². The molecule has 0 radical (unpaired) electrons. The van der Waals surface area contributed by atoms with E-state index in [1.807, 2.05) is 38.1 Å². The van der Waals surface area contributed by atoms with Crippen LogP contribution in [0, 0.1) is 0 Å². The van der Waals surface area contributed by atoms with Crippen molar-refractivity contribution < 1.29 is 14.4 Å². The first-order chi connectivity index (χ1) is 13.0. The molecule has 3 amide bonds. The highest BCUT2D eigenvalue weighted by molar-refractivity contribution is 6.35. The van der Waals surface area contributed by atoms with Gasteiger partial charge in [0.1, 0.15) is 6.04 Å². The van der Waals surface area contributed by atoms with Gasteiger partial charge in [-0.3, -0.25) is 14.4 Å². The van der Waals surface area contributed by atoms with Crippen LogP contribution in [0.4, 0.5) is 5.69 Å². The molecule has 2 aliphatic rings. The van der Waals surface area contributed by atoms with Crippen molar-refractivity contribution >= 4 is 23.4 Å². The van der Waals surface area contributed by atoms with Crippen molar-refractivity contribution in [3.8, 4) is 0 Å². The van der Waals surface area contributed by atoms with Crippen molar-refractivity contribution in [2.45, 2.75) is 58.0 Å². The van der Waals surface area contributed by atoms with E-state index in [1.54, 1.807) is 4.90 Å². The van der Waals surface area contributed by atoms with Gasteiger partial charge in [-0.25, -0.2) is 0 Å². The fourth-order valence-corrected chi connectivity index (χ4v) is 3.76. The highest BCUT2D eigenvalue weighted by Gasteiger charge is 2.39. The molecule has 0 fully saturated rings. The predicted molar refractivity (Wildman–Crippen MR) is 104 cm³/mol. The highest BCUT2D eigenvalue weighted by Crippen LogP contribution is 2.36. The zero-order chi connectivity index (χ0) is 19.4. The molecule has 1 aliphatic heterocycles. The summed E-state index contributed by atoms with van der Waals surface area (Å²) in [5.74, 6) is -1.68. The first kappa shape index (κ1) is 19.1. The zero-order valence-corrected chi connectivity index (χ0v) is 16.0. The molecule has 0 aromatic heterocycles. The number of hydrogen-bond donors (Lipinski definition) is 2. The van der Waals surface area contributed by atoms with Gasteiger partial charge in [0.05, 0.1) is 0 Å². The summed E-state index contributed by atoms with van der Waals surface area (Å²) in [6, 6.07) is 6.51. The van der Waals surface area contributed by atoms with E-state index in [1.165, 1.54) is 18.4 Å². The van der Waals surface area contributed by atoms with Crippen LogP contribution in [0.2, 0.25) is 0 Å². The lowest BCUT2D eigenvalue weighted by Crippen LogP contribution is -2.45. The molecule has 1 heterocycles. The number of amides is 3. The summed E-state index contributed by atoms with van der Waals surface area (Å²) in [6.07, 6.45) is 7.58. The number of benzene rings is 1. The number of hydrogen-bond acceptors (Lipinski definition) is 3. The summed E-state index contributed by atoms with van der Waals surface area (Å²) >= 11 is 0. The second kappa shape index (κ2) is 8.37. The van der Waals surface area contributed by atoms with Crippen molar-refractivity contribution in [2.75, 3.05) is 11.4 Å². The third-order valence-electron chi connectivity index (χ3n) is 5.11. The fraction of sp³-hybridized carbons (Fsp3) is 0.476. The Bertz CT molecular complexity index is 770. The Balaban J connectivity index is 1.59. The minimum absolute atomic E-state index is 0.0295. The molecule has 0 saturated carbocycles. The van der Waals surface area contributed by atoms with E-state index in [2.05, 4.69) is 16.7 Å². The molecule has 0 bridgehead atoms. The van der Waals surface area contributed by atoms with Crippen LogP contribution < -0.4 is 15.5 Å². The molecular formula is C21H27N3O3. The molecule has 0 saturated heterocycles. The van der Waals surface area contributed by atoms with Crippen LogP contribution in [-0.2, 0) is 14.4 Å². The van der Waals surface area contributed by atoms with Crippen LogP contribution >= 0.6 is 0 Å². The minimum atomic E-state index is -0.817. The number of nitrogens with one attached hydrogen (secondary N) is 2. The SMILES string of the molecule is CC(C)N1C(=O)[C@@H](NC(=O)C(=O)NCCC2=CCCCC2)c2ccccc21. The van der Waals surface area contributed by atoms with Crippen LogP contribution in [0.25, 0.3) is 0 Å². The average Bonchev–Trinajstić information content (AvgIpc) is 2.94. The normalized spacial score (nSPS) is 18.9. The molecule has 144 valence electrons. The number of nitrogens with zero attached hydrogens (tertiary/aromatic N) is 1. The standard InChI is InChI=1S/C21H27N3O3/c1-14(2)24-17-11-7-6-10-16(17)18(21(24)27)23-20(26)19(25)22-13-12-15-8-4-3-5-9-15/h6-8,10-11,14,18H,3-5,9,12-13H2,1-2H3,(H,22,25)(H,23,26)/t18-/m0/s1. The summed E-state index contributed by atoms with van der Waals surface area (Å²) in [4.78, 5) is 38.9. The van der Waals surface area contributed by atoms with E-state index in [0.29, 0.717) is 6.54 Å². The van der Waals surface area contributed by atoms with Gasteiger partial charge in [-0.1, -0.05) is 29.8 Å². The Hall–Kier alpha value is -2.63. The monoisotopic (exact) mass is 369 g/mol. The van der Waals surface area contributed by atoms with Crippen molar-refractivity contribution in [1.82, 2.24) is 10.6 Å². The maximum Gasteiger partial charge on any atom is 0.310 e. The first-order valence-electron chi connectivity index (χ1n) is 9.67. The average molecular weight is 369 g/mol. The number of allylic oxidation sites excluding steroid dienone is 1. The summed E-state index contributed by atoms with van der Waals surface area (Å²) in [6.45, 7) is 4.28. The summed E-state index contributed by atoms with van der Waals surface area (Å²) in [5.41, 5.74) is 2.85. The second-order valence-corrected chi connectivity index (χ2v) is 7.38. The lowest BCUT2D eigenvalue weighted by atomic mass is 9.97. The third-order valence-corrected chi connectivity index (χ3v) is 5.11. The number of fused-ring (bicyclic) bond motifs is 1. The van der Waals surface area contributed by atoms with Crippen molar-refractivity contribution in [2.24, 2.45) is 0 Å². The largest absolute Gasteiger partial charge is 0.348 e. The number of para-hydroxylation sites is 1. The van der Waals surface area contributed by atoms with E-state index in [9.17, 15) is 14.4 Å². The minimum Gasteiger partial charge on any atom is -0.348 e. The topological polar surface area (TPSA) is 78.5 Å². The molecule has 3 rings (SSSR count). The second-order valence-electron chi connectivity index (χ2n) is 7.38. The van der Waals surface area contributed by atoms with Gasteiger partial charge in [0.2, 0.25) is 0 Å². The van der Waals surface area contributed by atoms with Crippen LogP contribution in [0.15, 0.2) is 35.9 Å². The number of carbonyl (C=O) groups is 3. The lowest BCUT2D eigenvalue weighted by molar-refractivity contribution is -0.140. The van der Waals surface area contributed by atoms with Gasteiger partial charge in [0, 0.05) is 23.8 Å². The van der Waals surface area contributed by atoms with E-state index < -0.39 is 17.9 Å². The molecule has 27 heavy (non-hydrogen) atoms. The molecule has 1 atom stereocenters. The molecule has 1 aromatic rings. The lowest BCUT2D eigenvalue weighted by Gasteiger charge is -2.22. The van der Waals surface area contributed by atoms with Gasteiger partial charge in [0.25, 0.3) is 5.91 Å². The van der Waals surface area contributed by atoms with Crippen LogP contribution in [0.5, 0.6) is 0 Å². The molecule has 2 N–H and O–H groups in total. The smallest absolute Gasteiger partial charge is 0.310 e. The maximum atomic E-state index is 12.8. The molecular weight excluding hydrogens is 342 g/mol. The Morgan fingerprint density at radius 2 is 1.96 bits per heavy atom. The molecule has 6 nitrogen and oxygen atoms in total. The van der Waals surface area contributed by atoms with Gasteiger partial charge in [0.15, 0.2) is 0 Å². The third kappa shape index (κ3) is 4.21. The van der Waals surface area contributed by atoms with Crippen LogP contribution in [-0.4, -0.2) is 30.3 Å². The van der Waals surface area contributed by atoms with Crippen molar-refractivity contribution in [3.63, 3.8) is 0 Å². The predicted octanol–water partition coefficient (Wildman–Crippen LogP) is 2.61.